The first kappa shape index (κ1) is 13.6. The SMILES string of the molecule is CC(C#N)c1cccc([N+](=O)[O-])c1Oc1ccccc1. The molecule has 0 N–H and O–H groups in total. The van der Waals surface area contributed by atoms with E-state index in [2.05, 4.69) is 6.07 Å². The first-order chi connectivity index (χ1) is 9.63. The molecule has 0 radical (unpaired) electrons. The van der Waals surface area contributed by atoms with Crippen LogP contribution in [0.2, 0.25) is 0 Å². The first-order valence-electron chi connectivity index (χ1n) is 6.03. The molecule has 0 bridgehead atoms. The van der Waals surface area contributed by atoms with Gasteiger partial charge in [0.15, 0.2) is 0 Å². The number of para-hydroxylation sites is 2. The number of ether oxygens (including phenoxy) is 1. The maximum Gasteiger partial charge on any atom is 0.311 e. The Labute approximate surface area is 116 Å². The van der Waals surface area contributed by atoms with Gasteiger partial charge in [0.2, 0.25) is 5.75 Å². The number of benzene rings is 2. The van der Waals surface area contributed by atoms with Gasteiger partial charge in [0, 0.05) is 11.6 Å². The summed E-state index contributed by atoms with van der Waals surface area (Å²) in [6, 6.07) is 15.4. The normalized spacial score (nSPS) is 11.4. The minimum atomic E-state index is -0.508. The quantitative estimate of drug-likeness (QED) is 0.620. The lowest BCUT2D eigenvalue weighted by atomic mass is 10.0. The van der Waals surface area contributed by atoms with Gasteiger partial charge in [-0.3, -0.25) is 10.1 Å². The molecule has 100 valence electrons. The van der Waals surface area contributed by atoms with E-state index in [0.29, 0.717) is 11.3 Å². The molecule has 1 atom stereocenters. The molecular formula is C15H12N2O3. The fourth-order valence-electron chi connectivity index (χ4n) is 1.81. The van der Waals surface area contributed by atoms with Crippen LogP contribution in [0.5, 0.6) is 11.5 Å². The zero-order valence-electron chi connectivity index (χ0n) is 10.8. The molecule has 20 heavy (non-hydrogen) atoms. The summed E-state index contributed by atoms with van der Waals surface area (Å²) >= 11 is 0. The van der Waals surface area contributed by atoms with Gasteiger partial charge in [-0.05, 0) is 19.1 Å². The molecule has 5 heteroatoms. The third kappa shape index (κ3) is 2.75. The summed E-state index contributed by atoms with van der Waals surface area (Å²) in [7, 11) is 0. The first-order valence-corrected chi connectivity index (χ1v) is 6.03. The lowest BCUT2D eigenvalue weighted by Gasteiger charge is -2.12. The van der Waals surface area contributed by atoms with E-state index in [1.807, 2.05) is 6.07 Å². The molecule has 0 aliphatic rings. The van der Waals surface area contributed by atoms with Crippen molar-refractivity contribution in [2.24, 2.45) is 0 Å². The number of nitro benzene ring substituents is 1. The second-order valence-electron chi connectivity index (χ2n) is 4.22. The molecule has 0 fully saturated rings. The molecule has 0 aromatic heterocycles. The fraction of sp³-hybridized carbons (Fsp3) is 0.133. The topological polar surface area (TPSA) is 76.2 Å². The molecule has 0 saturated carbocycles. The van der Waals surface area contributed by atoms with Crippen molar-refractivity contribution in [1.82, 2.24) is 0 Å². The van der Waals surface area contributed by atoms with E-state index >= 15 is 0 Å². The van der Waals surface area contributed by atoms with Crippen LogP contribution in [0.4, 0.5) is 5.69 Å². The predicted octanol–water partition coefficient (Wildman–Crippen LogP) is 4.01. The van der Waals surface area contributed by atoms with Crippen molar-refractivity contribution < 1.29 is 9.66 Å². The highest BCUT2D eigenvalue weighted by molar-refractivity contribution is 5.55. The summed E-state index contributed by atoms with van der Waals surface area (Å²) in [5, 5.41) is 20.2. The van der Waals surface area contributed by atoms with Crippen LogP contribution in [-0.2, 0) is 0 Å². The van der Waals surface area contributed by atoms with Crippen LogP contribution in [0, 0.1) is 21.4 Å². The fourth-order valence-corrected chi connectivity index (χ4v) is 1.81. The average molecular weight is 268 g/mol. The van der Waals surface area contributed by atoms with E-state index < -0.39 is 10.8 Å². The van der Waals surface area contributed by atoms with Gasteiger partial charge in [-0.1, -0.05) is 30.3 Å². The Morgan fingerprint density at radius 1 is 1.20 bits per heavy atom. The van der Waals surface area contributed by atoms with Crippen LogP contribution in [0.25, 0.3) is 0 Å². The van der Waals surface area contributed by atoms with Crippen molar-refractivity contribution in [2.75, 3.05) is 0 Å². The van der Waals surface area contributed by atoms with Gasteiger partial charge in [-0.25, -0.2) is 0 Å². The monoisotopic (exact) mass is 268 g/mol. The molecule has 0 amide bonds. The Kier molecular flexibility index (Phi) is 3.96. The zero-order valence-corrected chi connectivity index (χ0v) is 10.8. The average Bonchev–Trinajstić information content (AvgIpc) is 2.47. The lowest BCUT2D eigenvalue weighted by molar-refractivity contribution is -0.385. The van der Waals surface area contributed by atoms with Gasteiger partial charge in [0.25, 0.3) is 0 Å². The highest BCUT2D eigenvalue weighted by Gasteiger charge is 2.22. The van der Waals surface area contributed by atoms with E-state index in [9.17, 15) is 10.1 Å². The highest BCUT2D eigenvalue weighted by Crippen LogP contribution is 2.38. The molecule has 2 aromatic rings. The third-order valence-corrected chi connectivity index (χ3v) is 2.84. The molecule has 5 nitrogen and oxygen atoms in total. The number of hydrogen-bond donors (Lipinski definition) is 0. The zero-order chi connectivity index (χ0) is 14.5. The summed E-state index contributed by atoms with van der Waals surface area (Å²) in [6.07, 6.45) is 0. The number of hydrogen-bond acceptors (Lipinski definition) is 4. The van der Waals surface area contributed by atoms with Crippen molar-refractivity contribution >= 4 is 5.69 Å². The summed E-state index contributed by atoms with van der Waals surface area (Å²) < 4.78 is 5.63. The van der Waals surface area contributed by atoms with Crippen LogP contribution in [0.1, 0.15) is 18.4 Å². The van der Waals surface area contributed by atoms with Crippen molar-refractivity contribution in [3.63, 3.8) is 0 Å². The van der Waals surface area contributed by atoms with Crippen molar-refractivity contribution in [3.8, 4) is 17.6 Å². The molecule has 0 saturated heterocycles. The van der Waals surface area contributed by atoms with Gasteiger partial charge in [-0.2, -0.15) is 5.26 Å². The molecule has 0 heterocycles. The Bertz CT molecular complexity index is 663. The van der Waals surface area contributed by atoms with Gasteiger partial charge in [0.1, 0.15) is 5.75 Å². The van der Waals surface area contributed by atoms with Crippen LogP contribution in [0.15, 0.2) is 48.5 Å². The van der Waals surface area contributed by atoms with E-state index in [1.54, 1.807) is 43.3 Å². The summed E-state index contributed by atoms with van der Waals surface area (Å²) in [5.41, 5.74) is 0.360. The second kappa shape index (κ2) is 5.85. The summed E-state index contributed by atoms with van der Waals surface area (Å²) in [5.74, 6) is 0.125. The van der Waals surface area contributed by atoms with E-state index in [0.717, 1.165) is 0 Å². The van der Waals surface area contributed by atoms with Crippen LogP contribution >= 0.6 is 0 Å². The van der Waals surface area contributed by atoms with Gasteiger partial charge in [-0.15, -0.1) is 0 Å². The number of nitrogens with zero attached hydrogens (tertiary/aromatic N) is 2. The third-order valence-electron chi connectivity index (χ3n) is 2.84. The van der Waals surface area contributed by atoms with Crippen molar-refractivity contribution in [2.45, 2.75) is 12.8 Å². The molecule has 2 aromatic carbocycles. The number of nitriles is 1. The maximum absolute atomic E-state index is 11.1. The van der Waals surface area contributed by atoms with Crippen LogP contribution < -0.4 is 4.74 Å². The molecule has 0 aliphatic heterocycles. The lowest BCUT2D eigenvalue weighted by Crippen LogP contribution is -2.00. The predicted molar refractivity (Wildman–Crippen MR) is 73.6 cm³/mol. The Hall–Kier alpha value is -2.87. The minimum Gasteiger partial charge on any atom is -0.450 e. The molecule has 0 spiro atoms. The smallest absolute Gasteiger partial charge is 0.311 e. The highest BCUT2D eigenvalue weighted by atomic mass is 16.6. The Morgan fingerprint density at radius 3 is 2.50 bits per heavy atom. The number of nitro groups is 1. The van der Waals surface area contributed by atoms with Gasteiger partial charge >= 0.3 is 5.69 Å². The van der Waals surface area contributed by atoms with Crippen LogP contribution in [-0.4, -0.2) is 4.92 Å². The molecule has 2 rings (SSSR count). The second-order valence-corrected chi connectivity index (χ2v) is 4.22. The largest absolute Gasteiger partial charge is 0.450 e. The van der Waals surface area contributed by atoms with E-state index in [-0.39, 0.29) is 11.4 Å². The number of rotatable bonds is 4. The molecule has 0 aliphatic carbocycles. The maximum atomic E-state index is 11.1. The van der Waals surface area contributed by atoms with E-state index in [1.165, 1.54) is 6.07 Å². The van der Waals surface area contributed by atoms with Crippen LogP contribution in [0.3, 0.4) is 0 Å². The Balaban J connectivity index is 2.53. The molecule has 1 unspecified atom stereocenters. The van der Waals surface area contributed by atoms with Crippen molar-refractivity contribution in [3.05, 3.63) is 64.2 Å². The molecular weight excluding hydrogens is 256 g/mol. The van der Waals surface area contributed by atoms with Crippen molar-refractivity contribution in [1.29, 1.82) is 5.26 Å². The van der Waals surface area contributed by atoms with Gasteiger partial charge in [0.05, 0.1) is 16.9 Å². The standard InChI is InChI=1S/C15H12N2O3/c1-11(10-16)13-8-5-9-14(17(18)19)15(13)20-12-6-3-2-4-7-12/h2-9,11H,1H3. The Morgan fingerprint density at radius 2 is 1.90 bits per heavy atom. The van der Waals surface area contributed by atoms with Gasteiger partial charge < -0.3 is 4.74 Å². The summed E-state index contributed by atoms with van der Waals surface area (Å²) in [6.45, 7) is 1.68. The summed E-state index contributed by atoms with van der Waals surface area (Å²) in [4.78, 5) is 10.6. The minimum absolute atomic E-state index is 0.123. The van der Waals surface area contributed by atoms with E-state index in [4.69, 9.17) is 10.00 Å².